The summed E-state index contributed by atoms with van der Waals surface area (Å²) < 4.78 is 89.0. The third kappa shape index (κ3) is 17.4. The van der Waals surface area contributed by atoms with E-state index in [9.17, 15) is 41.9 Å². The Labute approximate surface area is 479 Å². The maximum Gasteiger partial charge on any atom is 0.462 e. The topological polar surface area (TPSA) is 235 Å². The quantitative estimate of drug-likeness (QED) is 0.124. The second-order valence-corrected chi connectivity index (χ2v) is 25.0. The van der Waals surface area contributed by atoms with Crippen LogP contribution in [0, 0.1) is 58.7 Å². The number of carbonyl (C=O) groups excluding carboxylic acids is 6. The molecule has 2 saturated heterocycles. The van der Waals surface area contributed by atoms with Gasteiger partial charge in [-0.15, -0.1) is 0 Å². The number of ether oxygens (including phenoxy) is 6. The van der Waals surface area contributed by atoms with E-state index in [-0.39, 0.29) is 89.7 Å². The summed E-state index contributed by atoms with van der Waals surface area (Å²) in [5.41, 5.74) is 0.179. The number of rotatable bonds is 9. The van der Waals surface area contributed by atoms with Crippen molar-refractivity contribution in [2.24, 2.45) is 58.7 Å². The first-order chi connectivity index (χ1) is 38.3. The van der Waals surface area contributed by atoms with Crippen LogP contribution in [0.5, 0.6) is 0 Å². The van der Waals surface area contributed by atoms with Gasteiger partial charge >= 0.3 is 63.3 Å². The van der Waals surface area contributed by atoms with Crippen molar-refractivity contribution < 1.29 is 99.0 Å². The van der Waals surface area contributed by atoms with E-state index in [1.807, 2.05) is 6.92 Å². The van der Waals surface area contributed by atoms with Crippen molar-refractivity contribution >= 4 is 57.2 Å². The number of halogens is 3. The number of esters is 6. The van der Waals surface area contributed by atoms with Gasteiger partial charge in [0, 0.05) is 17.5 Å². The van der Waals surface area contributed by atoms with E-state index in [0.717, 1.165) is 95.3 Å². The Hall–Kier alpha value is -3.44. The summed E-state index contributed by atoms with van der Waals surface area (Å²) in [7, 11) is 5.54. The zero-order chi connectivity index (χ0) is 60.0. The smallest absolute Gasteiger partial charge is 0.462 e. The molecule has 18 nitrogen and oxygen atoms in total. The molecule has 2 bridgehead atoms. The number of alkyl halides is 3. The molecule has 0 radical (unpaired) electrons. The molecule has 14 atom stereocenters. The Bertz CT molecular complexity index is 2020. The second-order valence-electron chi connectivity index (χ2n) is 25.0. The van der Waals surface area contributed by atoms with Gasteiger partial charge in [-0.2, -0.15) is 13.2 Å². The van der Waals surface area contributed by atoms with E-state index < -0.39 is 50.5 Å². The minimum absolute atomic E-state index is 0.0168. The molecule has 10 aliphatic rings. The highest BCUT2D eigenvalue weighted by atomic mass is 19.4. The zero-order valence-electron chi connectivity index (χ0n) is 50.0. The summed E-state index contributed by atoms with van der Waals surface area (Å²) in [6.07, 6.45) is 13.6. The van der Waals surface area contributed by atoms with Crippen LogP contribution in [-0.4, -0.2) is 140 Å². The lowest BCUT2D eigenvalue weighted by Crippen LogP contribution is -2.65. The van der Waals surface area contributed by atoms with Crippen LogP contribution >= 0.6 is 0 Å². The van der Waals surface area contributed by atoms with Gasteiger partial charge < -0.3 is 57.1 Å². The van der Waals surface area contributed by atoms with Crippen molar-refractivity contribution in [1.29, 1.82) is 0 Å². The van der Waals surface area contributed by atoms with Crippen molar-refractivity contribution in [3.05, 3.63) is 0 Å². The fourth-order valence-corrected chi connectivity index (χ4v) is 14.6. The molecule has 0 amide bonds. The first-order valence-corrected chi connectivity index (χ1v) is 29.8. The monoisotopic (exact) mass is 1160 g/mol. The Kier molecular flexibility index (Phi) is 26.2. The molecule has 0 aromatic heterocycles. The largest absolute Gasteiger partial charge is 0.469 e. The highest BCUT2D eigenvalue weighted by Crippen LogP contribution is 2.66. The highest BCUT2D eigenvalue weighted by Gasteiger charge is 2.69. The molecule has 0 aromatic rings. The molecule has 4 unspecified atom stereocenters. The predicted octanol–water partition coefficient (Wildman–Crippen LogP) is 9.34. The van der Waals surface area contributed by atoms with Gasteiger partial charge in [-0.25, -0.2) is 9.59 Å². The Morgan fingerprint density at radius 1 is 0.506 bits per heavy atom. The Morgan fingerprint density at radius 3 is 1.41 bits per heavy atom. The number of hydrogen-bond acceptors (Lipinski definition) is 18. The van der Waals surface area contributed by atoms with Crippen LogP contribution < -0.4 is 0 Å². The highest BCUT2D eigenvalue weighted by molar-refractivity contribution is 6.49. The van der Waals surface area contributed by atoms with Crippen LogP contribution in [0.1, 0.15) is 176 Å². The normalized spacial score (nSPS) is 35.6. The summed E-state index contributed by atoms with van der Waals surface area (Å²) >= 11 is 0. The summed E-state index contributed by atoms with van der Waals surface area (Å²) in [5, 5.41) is 18.1. The molecule has 24 heteroatoms. The lowest BCUT2D eigenvalue weighted by molar-refractivity contribution is -0.199. The fourth-order valence-electron chi connectivity index (χ4n) is 14.6. The van der Waals surface area contributed by atoms with Gasteiger partial charge in [0.25, 0.3) is 0 Å². The van der Waals surface area contributed by atoms with Crippen LogP contribution in [0.15, 0.2) is 0 Å². The minimum Gasteiger partial charge on any atom is -0.469 e. The minimum atomic E-state index is -3.95. The molecule has 81 heavy (non-hydrogen) atoms. The van der Waals surface area contributed by atoms with Gasteiger partial charge in [-0.3, -0.25) is 19.2 Å². The molecule has 10 rings (SSSR count). The van der Waals surface area contributed by atoms with Gasteiger partial charge in [0.2, 0.25) is 0 Å². The van der Waals surface area contributed by atoms with E-state index in [0.29, 0.717) is 49.9 Å². The molecule has 10 fully saturated rings. The van der Waals surface area contributed by atoms with Crippen LogP contribution in [-0.2, 0) is 75.8 Å². The summed E-state index contributed by atoms with van der Waals surface area (Å²) in [6, 6.07) is 0. The Balaban J connectivity index is 0.000000194. The summed E-state index contributed by atoms with van der Waals surface area (Å²) in [6.45, 7) is 11.1. The van der Waals surface area contributed by atoms with Crippen LogP contribution in [0.25, 0.3) is 0 Å². The molecule has 2 aliphatic heterocycles. The average Bonchev–Trinajstić information content (AvgIpc) is 4.30. The molecule has 2 heterocycles. The first-order valence-electron chi connectivity index (χ1n) is 29.8. The van der Waals surface area contributed by atoms with E-state index in [2.05, 4.69) is 46.6 Å². The van der Waals surface area contributed by atoms with Crippen LogP contribution in [0.2, 0.25) is 17.5 Å². The first kappa shape index (κ1) is 68.3. The van der Waals surface area contributed by atoms with E-state index in [1.54, 1.807) is 0 Å². The van der Waals surface area contributed by atoms with Crippen molar-refractivity contribution in [3.8, 4) is 0 Å². The van der Waals surface area contributed by atoms with Crippen molar-refractivity contribution in [2.45, 2.75) is 223 Å². The van der Waals surface area contributed by atoms with Crippen molar-refractivity contribution in [1.82, 2.24) is 0 Å². The van der Waals surface area contributed by atoms with E-state index in [1.165, 1.54) is 61.9 Å². The van der Waals surface area contributed by atoms with Crippen LogP contribution in [0.3, 0.4) is 0 Å². The molecular formula is C57H94B3F3O18. The Morgan fingerprint density at radius 2 is 0.963 bits per heavy atom. The standard InChI is InChI=1S/C18H29BO4.C14H21BO8.C9H16O2.C8H15BO4.C8H13F3/c1-17(2)11-9-14(17)18(3)15(10-11)22-19(23-18)13-8-6-5-7-12(13)16(20)21-4;1-19-12(16)8-6-4-5-7-9(8)15-22-10(13(17)20-2)11(23-15)14(18)21-3;1-7-3-5-8(6-4-7)9(10)11-2;1-13-8(10)6-4-2-3-5-7(6)9(11)12;1-6-3-2-4-7(5-6)8(9,10)11/h11-15H,5-10H2,1-4H3;8-11H,4-7H2,1-3H3;7-8H,3-6H2,1-2H3;6-7,11-12H,2-5H2,1H3;6-7H,2-5H2,1H3/t11-,12+,13-,14-,15+,18-;8-,9+,10+,11+;;;/m11.../s1. The van der Waals surface area contributed by atoms with Crippen molar-refractivity contribution in [3.63, 3.8) is 0 Å². The van der Waals surface area contributed by atoms with Gasteiger partial charge in [0.15, 0.2) is 12.2 Å². The maximum atomic E-state index is 12.2. The number of carbonyl (C=O) groups is 6. The SMILES string of the molecule is CC1CCCC(C(F)(F)F)C1.COC(=O)C1CCC(C)CC1.COC(=O)C1CCCCC1B(O)O.COC(=O)[C@H]1CCCC[C@H]1B1O[C@H]2C[C@H]3C[C@H](C3(C)C)[C@@]2(C)O1.COC(=O)[C@H]1OB([C@H]2CCCC[C@H]2C(=O)OC)O[C@@H]1C(=O)OC. The van der Waals surface area contributed by atoms with Gasteiger partial charge in [0.1, 0.15) is 0 Å². The molecule has 460 valence electrons. The maximum absolute atomic E-state index is 12.2. The molecule has 8 saturated carbocycles. The summed E-state index contributed by atoms with van der Waals surface area (Å²) in [5.74, 6) is -1.88. The van der Waals surface area contributed by atoms with Crippen molar-refractivity contribution in [2.75, 3.05) is 42.7 Å². The predicted molar refractivity (Wildman–Crippen MR) is 293 cm³/mol. The molecule has 8 aliphatic carbocycles. The van der Waals surface area contributed by atoms with Crippen LogP contribution in [0.4, 0.5) is 13.2 Å². The zero-order valence-corrected chi connectivity index (χ0v) is 50.0. The number of hydrogen-bond donors (Lipinski definition) is 2. The second kappa shape index (κ2) is 31.1. The molecule has 2 N–H and O–H groups in total. The fraction of sp³-hybridized carbons (Fsp3) is 0.895. The lowest BCUT2D eigenvalue weighted by atomic mass is 9.43. The van der Waals surface area contributed by atoms with Gasteiger partial charge in [-0.05, 0) is 107 Å². The molecule has 0 spiro atoms. The van der Waals surface area contributed by atoms with E-state index in [4.69, 9.17) is 38.1 Å². The van der Waals surface area contributed by atoms with Gasteiger partial charge in [0.05, 0.1) is 84.0 Å². The average molecular weight is 1160 g/mol. The van der Waals surface area contributed by atoms with E-state index >= 15 is 0 Å². The van der Waals surface area contributed by atoms with Gasteiger partial charge in [-0.1, -0.05) is 98.3 Å². The third-order valence-corrected chi connectivity index (χ3v) is 19.7. The number of methoxy groups -OCH3 is 6. The molecule has 0 aromatic carbocycles. The summed E-state index contributed by atoms with van der Waals surface area (Å²) in [4.78, 5) is 70.1. The molecular weight excluding hydrogens is 1060 g/mol. The third-order valence-electron chi connectivity index (χ3n) is 19.7. The lowest BCUT2D eigenvalue weighted by Gasteiger charge is -2.64.